The lowest BCUT2D eigenvalue weighted by atomic mass is 10.0. The zero-order valence-corrected chi connectivity index (χ0v) is 10.3. The summed E-state index contributed by atoms with van der Waals surface area (Å²) in [5, 5.41) is 8.89. The van der Waals surface area contributed by atoms with E-state index in [0.29, 0.717) is 18.2 Å². The Morgan fingerprint density at radius 3 is 2.89 bits per heavy atom. The van der Waals surface area contributed by atoms with Crippen LogP contribution in [0, 0.1) is 12.8 Å². The Kier molecular flexibility index (Phi) is 4.09. The van der Waals surface area contributed by atoms with E-state index in [2.05, 4.69) is 9.97 Å². The van der Waals surface area contributed by atoms with Crippen LogP contribution >= 0.6 is 0 Å². The van der Waals surface area contributed by atoms with Crippen molar-refractivity contribution in [2.24, 2.45) is 5.92 Å². The van der Waals surface area contributed by atoms with Gasteiger partial charge in [-0.25, -0.2) is 9.78 Å². The molecule has 2 heterocycles. The molecule has 98 valence electrons. The highest BCUT2D eigenvalue weighted by Gasteiger charge is 2.16. The summed E-state index contributed by atoms with van der Waals surface area (Å²) in [5.74, 6) is -0.646. The van der Waals surface area contributed by atoms with Crippen molar-refractivity contribution in [3.63, 3.8) is 0 Å². The second-order valence-corrected chi connectivity index (χ2v) is 4.35. The highest BCUT2D eigenvalue weighted by molar-refractivity contribution is 5.85. The van der Waals surface area contributed by atoms with Crippen molar-refractivity contribution in [3.05, 3.63) is 17.5 Å². The first-order valence-electron chi connectivity index (χ1n) is 5.94. The van der Waals surface area contributed by atoms with Gasteiger partial charge >= 0.3 is 12.0 Å². The van der Waals surface area contributed by atoms with Crippen LogP contribution in [0.3, 0.4) is 0 Å². The summed E-state index contributed by atoms with van der Waals surface area (Å²) in [6.45, 7) is 3.73. The van der Waals surface area contributed by atoms with Crippen LogP contribution in [-0.4, -0.2) is 40.9 Å². The van der Waals surface area contributed by atoms with Crippen molar-refractivity contribution < 1.29 is 19.4 Å². The van der Waals surface area contributed by atoms with E-state index in [1.165, 1.54) is 6.07 Å². The van der Waals surface area contributed by atoms with Crippen LogP contribution < -0.4 is 4.74 Å². The van der Waals surface area contributed by atoms with Crippen LogP contribution in [0.25, 0.3) is 0 Å². The Morgan fingerprint density at radius 2 is 2.22 bits per heavy atom. The molecule has 0 aromatic carbocycles. The Labute approximate surface area is 105 Å². The lowest BCUT2D eigenvalue weighted by molar-refractivity contribution is 0.0480. The lowest BCUT2D eigenvalue weighted by Crippen LogP contribution is -2.22. The minimum Gasteiger partial charge on any atom is -0.477 e. The summed E-state index contributed by atoms with van der Waals surface area (Å²) in [6.07, 6.45) is 1.91. The number of hydrogen-bond donors (Lipinski definition) is 1. The topological polar surface area (TPSA) is 81.5 Å². The maximum absolute atomic E-state index is 10.8. The average Bonchev–Trinajstić information content (AvgIpc) is 2.37. The maximum atomic E-state index is 10.8. The second-order valence-electron chi connectivity index (χ2n) is 4.35. The Bertz CT molecular complexity index is 430. The molecule has 0 spiro atoms. The van der Waals surface area contributed by atoms with Crippen molar-refractivity contribution in [1.82, 2.24) is 9.97 Å². The van der Waals surface area contributed by atoms with E-state index >= 15 is 0 Å². The number of carbonyl (C=O) groups is 1. The summed E-state index contributed by atoms with van der Waals surface area (Å²) in [7, 11) is 0. The van der Waals surface area contributed by atoms with Gasteiger partial charge in [0.1, 0.15) is 0 Å². The smallest absolute Gasteiger partial charge is 0.354 e. The van der Waals surface area contributed by atoms with E-state index in [-0.39, 0.29) is 11.7 Å². The molecule has 1 aliphatic heterocycles. The van der Waals surface area contributed by atoms with Crippen molar-refractivity contribution >= 4 is 5.97 Å². The quantitative estimate of drug-likeness (QED) is 0.869. The van der Waals surface area contributed by atoms with E-state index in [9.17, 15) is 4.79 Å². The number of aromatic carboxylic acids is 1. The van der Waals surface area contributed by atoms with Gasteiger partial charge in [-0.3, -0.25) is 0 Å². The van der Waals surface area contributed by atoms with Gasteiger partial charge in [-0.15, -0.1) is 0 Å². The van der Waals surface area contributed by atoms with Crippen LogP contribution in [-0.2, 0) is 4.74 Å². The molecule has 6 heteroatoms. The minimum atomic E-state index is -1.07. The first-order chi connectivity index (χ1) is 8.65. The first kappa shape index (κ1) is 12.8. The van der Waals surface area contributed by atoms with Gasteiger partial charge in [0.15, 0.2) is 5.69 Å². The van der Waals surface area contributed by atoms with Crippen molar-refractivity contribution in [1.29, 1.82) is 0 Å². The molecule has 0 saturated carbocycles. The van der Waals surface area contributed by atoms with Gasteiger partial charge in [0, 0.05) is 18.9 Å². The first-order valence-corrected chi connectivity index (χ1v) is 5.94. The zero-order valence-electron chi connectivity index (χ0n) is 10.3. The summed E-state index contributed by atoms with van der Waals surface area (Å²) in [6, 6.07) is 1.56. The third-order valence-electron chi connectivity index (χ3n) is 2.84. The van der Waals surface area contributed by atoms with Crippen LogP contribution in [0.5, 0.6) is 6.01 Å². The number of carboxylic acids is 1. The standard InChI is InChI=1S/C12H16N2O4/c1-8-6-10(11(15)16)14-12(13-8)18-7-9-2-4-17-5-3-9/h6,9H,2-5,7H2,1H3,(H,15,16). The number of hydrogen-bond acceptors (Lipinski definition) is 5. The molecule has 0 radical (unpaired) electrons. The molecule has 6 nitrogen and oxygen atoms in total. The number of aryl methyl sites for hydroxylation is 1. The SMILES string of the molecule is Cc1cc(C(=O)O)nc(OCC2CCOCC2)n1. The molecule has 2 rings (SSSR count). The van der Waals surface area contributed by atoms with Crippen molar-refractivity contribution in [2.45, 2.75) is 19.8 Å². The van der Waals surface area contributed by atoms with Crippen LogP contribution in [0.15, 0.2) is 6.07 Å². The van der Waals surface area contributed by atoms with E-state index in [1.807, 2.05) is 0 Å². The van der Waals surface area contributed by atoms with Gasteiger partial charge in [0.2, 0.25) is 0 Å². The fourth-order valence-electron chi connectivity index (χ4n) is 1.82. The molecule has 1 aromatic heterocycles. The van der Waals surface area contributed by atoms with Crippen molar-refractivity contribution in [3.8, 4) is 6.01 Å². The van der Waals surface area contributed by atoms with Crippen LogP contribution in [0.1, 0.15) is 29.0 Å². The molecule has 0 atom stereocenters. The summed E-state index contributed by atoms with van der Waals surface area (Å²) in [4.78, 5) is 18.8. The van der Waals surface area contributed by atoms with E-state index in [1.54, 1.807) is 6.92 Å². The molecule has 1 fully saturated rings. The number of carboxylic acid groups (broad SMARTS) is 1. The highest BCUT2D eigenvalue weighted by atomic mass is 16.5. The number of aromatic nitrogens is 2. The second kappa shape index (κ2) is 5.77. The minimum absolute atomic E-state index is 0.0375. The predicted octanol–water partition coefficient (Wildman–Crippen LogP) is 1.29. The molecule has 18 heavy (non-hydrogen) atoms. The summed E-state index contributed by atoms with van der Waals surface area (Å²) < 4.78 is 10.7. The lowest BCUT2D eigenvalue weighted by Gasteiger charge is -2.21. The molecule has 0 bridgehead atoms. The van der Waals surface area contributed by atoms with Crippen LogP contribution in [0.2, 0.25) is 0 Å². The Morgan fingerprint density at radius 1 is 1.50 bits per heavy atom. The fourth-order valence-corrected chi connectivity index (χ4v) is 1.82. The van der Waals surface area contributed by atoms with E-state index in [0.717, 1.165) is 26.1 Å². The molecular weight excluding hydrogens is 236 g/mol. The molecule has 1 N–H and O–H groups in total. The molecule has 0 unspecified atom stereocenters. The summed E-state index contributed by atoms with van der Waals surface area (Å²) in [5.41, 5.74) is 0.550. The monoisotopic (exact) mass is 252 g/mol. The van der Waals surface area contributed by atoms with Gasteiger partial charge in [-0.1, -0.05) is 0 Å². The predicted molar refractivity (Wildman–Crippen MR) is 62.8 cm³/mol. The molecule has 1 aliphatic rings. The number of nitrogens with zero attached hydrogens (tertiary/aromatic N) is 2. The molecule has 0 amide bonds. The molecular formula is C12H16N2O4. The molecule has 0 aliphatic carbocycles. The van der Waals surface area contributed by atoms with Crippen LogP contribution in [0.4, 0.5) is 0 Å². The average molecular weight is 252 g/mol. The van der Waals surface area contributed by atoms with Gasteiger partial charge in [-0.2, -0.15) is 4.98 Å². The number of rotatable bonds is 4. The van der Waals surface area contributed by atoms with Crippen molar-refractivity contribution in [2.75, 3.05) is 19.8 Å². The Hall–Kier alpha value is -1.69. The van der Waals surface area contributed by atoms with E-state index < -0.39 is 5.97 Å². The van der Waals surface area contributed by atoms with Gasteiger partial charge in [0.25, 0.3) is 0 Å². The normalized spacial score (nSPS) is 16.5. The third-order valence-corrected chi connectivity index (χ3v) is 2.84. The maximum Gasteiger partial charge on any atom is 0.354 e. The van der Waals surface area contributed by atoms with Gasteiger partial charge in [0.05, 0.1) is 6.61 Å². The zero-order chi connectivity index (χ0) is 13.0. The number of ether oxygens (including phenoxy) is 2. The highest BCUT2D eigenvalue weighted by Crippen LogP contribution is 2.16. The molecule has 1 saturated heterocycles. The molecule has 1 aromatic rings. The fraction of sp³-hybridized carbons (Fsp3) is 0.583. The van der Waals surface area contributed by atoms with E-state index in [4.69, 9.17) is 14.6 Å². The third kappa shape index (κ3) is 3.40. The van der Waals surface area contributed by atoms with Gasteiger partial charge in [-0.05, 0) is 31.7 Å². The Balaban J connectivity index is 1.97. The summed E-state index contributed by atoms with van der Waals surface area (Å²) >= 11 is 0. The largest absolute Gasteiger partial charge is 0.477 e. The van der Waals surface area contributed by atoms with Gasteiger partial charge < -0.3 is 14.6 Å².